The van der Waals surface area contributed by atoms with Crippen molar-refractivity contribution in [2.24, 2.45) is 11.8 Å². The molecule has 1 N–H and O–H groups in total. The van der Waals surface area contributed by atoms with Gasteiger partial charge in [-0.3, -0.25) is 9.88 Å². The molecule has 27 heavy (non-hydrogen) atoms. The normalized spacial score (nSPS) is 32.7. The van der Waals surface area contributed by atoms with Crippen molar-refractivity contribution in [3.05, 3.63) is 59.4 Å². The molecular formula is C23H28N2O2. The van der Waals surface area contributed by atoms with Crippen LogP contribution in [0.25, 0.3) is 0 Å². The fourth-order valence-corrected chi connectivity index (χ4v) is 5.52. The van der Waals surface area contributed by atoms with Crippen LogP contribution in [0, 0.1) is 11.8 Å². The Morgan fingerprint density at radius 2 is 2.00 bits per heavy atom. The molecule has 4 heteroatoms. The van der Waals surface area contributed by atoms with E-state index in [4.69, 9.17) is 4.74 Å². The number of aliphatic hydroxyl groups is 1. The molecule has 0 amide bonds. The second-order valence-corrected chi connectivity index (χ2v) is 8.63. The quantitative estimate of drug-likeness (QED) is 0.905. The second kappa shape index (κ2) is 6.61. The molecule has 1 saturated carbocycles. The molecule has 4 nitrogen and oxygen atoms in total. The number of hydrogen-bond acceptors (Lipinski definition) is 4. The van der Waals surface area contributed by atoms with E-state index in [2.05, 4.69) is 35.0 Å². The molecule has 2 aromatic rings. The van der Waals surface area contributed by atoms with Crippen LogP contribution in [0.2, 0.25) is 0 Å². The van der Waals surface area contributed by atoms with Gasteiger partial charge in [-0.15, -0.1) is 0 Å². The number of piperidine rings is 1. The number of rotatable bonds is 3. The van der Waals surface area contributed by atoms with Gasteiger partial charge in [-0.05, 0) is 49.1 Å². The van der Waals surface area contributed by atoms with Crippen molar-refractivity contribution >= 4 is 0 Å². The van der Waals surface area contributed by atoms with Gasteiger partial charge in [0.1, 0.15) is 17.5 Å². The summed E-state index contributed by atoms with van der Waals surface area (Å²) in [5.74, 6) is 1.57. The number of fused-ring (bicyclic) bond motifs is 3. The number of hydrogen-bond donors (Lipinski definition) is 1. The Labute approximate surface area is 161 Å². The maximum absolute atomic E-state index is 11.7. The Bertz CT molecular complexity index is 808. The Balaban J connectivity index is 1.36. The summed E-state index contributed by atoms with van der Waals surface area (Å²) in [7, 11) is 0. The van der Waals surface area contributed by atoms with Gasteiger partial charge < -0.3 is 9.84 Å². The topological polar surface area (TPSA) is 45.6 Å². The fourth-order valence-electron chi connectivity index (χ4n) is 5.52. The highest BCUT2D eigenvalue weighted by atomic mass is 16.5. The van der Waals surface area contributed by atoms with Gasteiger partial charge in [0, 0.05) is 44.1 Å². The molecular weight excluding hydrogens is 336 g/mol. The molecule has 1 aromatic heterocycles. The summed E-state index contributed by atoms with van der Waals surface area (Å²) in [4.78, 5) is 7.06. The summed E-state index contributed by atoms with van der Waals surface area (Å²) in [6.45, 7) is 4.96. The number of ether oxygens (including phenoxy) is 1. The fraction of sp³-hybridized carbons (Fsp3) is 0.522. The lowest BCUT2D eigenvalue weighted by atomic mass is 9.64. The molecule has 0 spiro atoms. The van der Waals surface area contributed by atoms with Gasteiger partial charge in [-0.25, -0.2) is 0 Å². The van der Waals surface area contributed by atoms with Crippen LogP contribution in [0.15, 0.2) is 42.6 Å². The van der Waals surface area contributed by atoms with Gasteiger partial charge in [-0.1, -0.05) is 24.6 Å². The highest BCUT2D eigenvalue weighted by Crippen LogP contribution is 2.48. The monoisotopic (exact) mass is 364 g/mol. The minimum Gasteiger partial charge on any atom is -0.490 e. The lowest BCUT2D eigenvalue weighted by Gasteiger charge is -2.52. The molecule has 1 aliphatic carbocycles. The third-order valence-electron chi connectivity index (χ3n) is 6.75. The second-order valence-electron chi connectivity index (χ2n) is 8.63. The average molecular weight is 364 g/mol. The molecule has 4 atom stereocenters. The van der Waals surface area contributed by atoms with Crippen molar-refractivity contribution in [1.82, 2.24) is 9.88 Å². The predicted molar refractivity (Wildman–Crippen MR) is 104 cm³/mol. The molecule has 2 fully saturated rings. The van der Waals surface area contributed by atoms with Gasteiger partial charge in [0.05, 0.1) is 5.69 Å². The van der Waals surface area contributed by atoms with Gasteiger partial charge in [0.25, 0.3) is 0 Å². The molecule has 1 unspecified atom stereocenters. The van der Waals surface area contributed by atoms with E-state index in [0.29, 0.717) is 0 Å². The molecule has 0 radical (unpaired) electrons. The number of likely N-dealkylation sites (tertiary alicyclic amines) is 1. The Morgan fingerprint density at radius 1 is 1.19 bits per heavy atom. The molecule has 142 valence electrons. The van der Waals surface area contributed by atoms with Gasteiger partial charge in [0.15, 0.2) is 0 Å². The van der Waals surface area contributed by atoms with Crippen LogP contribution in [0.5, 0.6) is 5.75 Å². The zero-order valence-corrected chi connectivity index (χ0v) is 16.0. The Kier molecular flexibility index (Phi) is 4.21. The molecule has 3 aliphatic rings. The van der Waals surface area contributed by atoms with Crippen molar-refractivity contribution in [2.45, 2.75) is 50.9 Å². The van der Waals surface area contributed by atoms with E-state index in [0.717, 1.165) is 50.3 Å². The van der Waals surface area contributed by atoms with E-state index >= 15 is 0 Å². The zero-order valence-electron chi connectivity index (χ0n) is 16.0. The van der Waals surface area contributed by atoms with Crippen molar-refractivity contribution in [1.29, 1.82) is 0 Å². The number of aromatic nitrogens is 1. The first kappa shape index (κ1) is 17.2. The van der Waals surface area contributed by atoms with E-state index in [-0.39, 0.29) is 17.9 Å². The molecule has 3 heterocycles. The summed E-state index contributed by atoms with van der Waals surface area (Å²) >= 11 is 0. The van der Waals surface area contributed by atoms with Crippen molar-refractivity contribution in [3.8, 4) is 5.75 Å². The lowest BCUT2D eigenvalue weighted by molar-refractivity contribution is -0.151. The maximum atomic E-state index is 11.7. The number of pyridine rings is 1. The standard InChI is InChI=1S/C23H28N2O2/c1-16-11-18-12-17(8-9-21(18)27-16)13-25-14-19-5-4-6-20(15-25)23(19,26)22-7-2-3-10-24-22/h2-3,7-10,12,16,19-20,26H,4-6,11,13-15H2,1H3/t16-,19-,20+,23?/m1/s1. The van der Waals surface area contributed by atoms with E-state index in [9.17, 15) is 5.11 Å². The summed E-state index contributed by atoms with van der Waals surface area (Å²) in [5, 5.41) is 11.7. The van der Waals surface area contributed by atoms with Gasteiger partial charge in [-0.2, -0.15) is 0 Å². The first-order chi connectivity index (χ1) is 13.1. The first-order valence-corrected chi connectivity index (χ1v) is 10.3. The zero-order chi connectivity index (χ0) is 18.4. The summed E-state index contributed by atoms with van der Waals surface area (Å²) in [6, 6.07) is 12.6. The maximum Gasteiger partial charge on any atom is 0.123 e. The van der Waals surface area contributed by atoms with Crippen LogP contribution in [0.4, 0.5) is 0 Å². The molecule has 2 aliphatic heterocycles. The third-order valence-corrected chi connectivity index (χ3v) is 6.75. The third kappa shape index (κ3) is 2.95. The van der Waals surface area contributed by atoms with Gasteiger partial charge >= 0.3 is 0 Å². The van der Waals surface area contributed by atoms with E-state index in [1.54, 1.807) is 0 Å². The van der Waals surface area contributed by atoms with Gasteiger partial charge in [0.2, 0.25) is 0 Å². The SMILES string of the molecule is C[C@@H]1Cc2cc(CN3C[C@H]4CCC[C@@H](C3)C4(O)c3ccccn3)ccc2O1. The average Bonchev–Trinajstić information content (AvgIpc) is 3.03. The minimum absolute atomic E-state index is 0.262. The van der Waals surface area contributed by atoms with E-state index < -0.39 is 5.60 Å². The Morgan fingerprint density at radius 3 is 2.74 bits per heavy atom. The van der Waals surface area contributed by atoms with E-state index in [1.165, 1.54) is 17.5 Å². The lowest BCUT2D eigenvalue weighted by Crippen LogP contribution is -2.58. The summed E-state index contributed by atoms with van der Waals surface area (Å²) in [5.41, 5.74) is 2.79. The van der Waals surface area contributed by atoms with Crippen molar-refractivity contribution in [2.75, 3.05) is 13.1 Å². The summed E-state index contributed by atoms with van der Waals surface area (Å²) in [6.07, 6.45) is 6.48. The van der Waals surface area contributed by atoms with Crippen molar-refractivity contribution < 1.29 is 9.84 Å². The predicted octanol–water partition coefficient (Wildman–Crippen LogP) is 3.52. The highest BCUT2D eigenvalue weighted by molar-refractivity contribution is 5.40. The van der Waals surface area contributed by atoms with Crippen LogP contribution in [-0.4, -0.2) is 34.2 Å². The smallest absolute Gasteiger partial charge is 0.123 e. The first-order valence-electron chi connectivity index (χ1n) is 10.3. The van der Waals surface area contributed by atoms with Crippen LogP contribution in [0.3, 0.4) is 0 Å². The van der Waals surface area contributed by atoms with E-state index in [1.807, 2.05) is 24.4 Å². The summed E-state index contributed by atoms with van der Waals surface area (Å²) < 4.78 is 5.84. The largest absolute Gasteiger partial charge is 0.490 e. The van der Waals surface area contributed by atoms with Crippen LogP contribution in [0.1, 0.15) is 43.0 Å². The van der Waals surface area contributed by atoms with Crippen LogP contribution >= 0.6 is 0 Å². The molecule has 5 rings (SSSR count). The molecule has 2 bridgehead atoms. The number of benzene rings is 1. The Hall–Kier alpha value is -1.91. The molecule has 1 aromatic carbocycles. The van der Waals surface area contributed by atoms with Crippen LogP contribution in [-0.2, 0) is 18.6 Å². The van der Waals surface area contributed by atoms with Crippen molar-refractivity contribution in [3.63, 3.8) is 0 Å². The number of nitrogens with zero attached hydrogens (tertiary/aromatic N) is 2. The van der Waals surface area contributed by atoms with Crippen LogP contribution < -0.4 is 4.74 Å². The highest BCUT2D eigenvalue weighted by Gasteiger charge is 2.52. The molecule has 1 saturated heterocycles. The minimum atomic E-state index is -0.767.